The van der Waals surface area contributed by atoms with Gasteiger partial charge < -0.3 is 9.47 Å². The van der Waals surface area contributed by atoms with Crippen LogP contribution < -0.4 is 0 Å². The maximum Gasteiger partial charge on any atom is 0.344 e. The second-order valence-corrected chi connectivity index (χ2v) is 4.80. The standard InChI is InChI=1S/C15H20O4/c1-11(2)15(8-6-5-7-9-15)10-12(13(16)18-3)14(17)19-4/h5-8,10-11H,9H2,1-4H3. The highest BCUT2D eigenvalue weighted by Gasteiger charge is 2.33. The van der Waals surface area contributed by atoms with Crippen molar-refractivity contribution in [1.82, 2.24) is 0 Å². The van der Waals surface area contributed by atoms with Crippen molar-refractivity contribution in [2.45, 2.75) is 20.3 Å². The molecule has 0 amide bonds. The number of rotatable bonds is 4. The van der Waals surface area contributed by atoms with Crippen LogP contribution in [0.2, 0.25) is 0 Å². The third-order valence-electron chi connectivity index (χ3n) is 3.42. The van der Waals surface area contributed by atoms with Gasteiger partial charge in [0.2, 0.25) is 0 Å². The van der Waals surface area contributed by atoms with Gasteiger partial charge in [-0.15, -0.1) is 0 Å². The Morgan fingerprint density at radius 2 is 1.74 bits per heavy atom. The number of carbonyl (C=O) groups is 2. The molecule has 1 rings (SSSR count). The fourth-order valence-electron chi connectivity index (χ4n) is 2.05. The highest BCUT2D eigenvalue weighted by molar-refractivity contribution is 6.14. The van der Waals surface area contributed by atoms with Crippen LogP contribution in [0.25, 0.3) is 0 Å². The van der Waals surface area contributed by atoms with E-state index < -0.39 is 11.9 Å². The normalized spacial score (nSPS) is 21.1. The first-order chi connectivity index (χ1) is 8.96. The lowest BCUT2D eigenvalue weighted by Gasteiger charge is -2.32. The second kappa shape index (κ2) is 6.36. The Bertz CT molecular complexity index is 425. The van der Waals surface area contributed by atoms with Crippen molar-refractivity contribution in [1.29, 1.82) is 0 Å². The van der Waals surface area contributed by atoms with Crippen LogP contribution in [0.15, 0.2) is 36.0 Å². The number of hydrogen-bond donors (Lipinski definition) is 0. The van der Waals surface area contributed by atoms with Gasteiger partial charge in [0.15, 0.2) is 0 Å². The smallest absolute Gasteiger partial charge is 0.344 e. The van der Waals surface area contributed by atoms with Gasteiger partial charge in [-0.1, -0.05) is 44.2 Å². The second-order valence-electron chi connectivity index (χ2n) is 4.80. The molecule has 1 atom stereocenters. The number of allylic oxidation sites excluding steroid dienone is 5. The molecule has 19 heavy (non-hydrogen) atoms. The maximum absolute atomic E-state index is 11.7. The van der Waals surface area contributed by atoms with Gasteiger partial charge in [-0.3, -0.25) is 0 Å². The van der Waals surface area contributed by atoms with E-state index in [1.165, 1.54) is 14.2 Å². The summed E-state index contributed by atoms with van der Waals surface area (Å²) >= 11 is 0. The Morgan fingerprint density at radius 1 is 1.16 bits per heavy atom. The minimum atomic E-state index is -0.671. The van der Waals surface area contributed by atoms with Gasteiger partial charge in [-0.2, -0.15) is 0 Å². The van der Waals surface area contributed by atoms with Crippen LogP contribution in [0.4, 0.5) is 0 Å². The number of methoxy groups -OCH3 is 2. The van der Waals surface area contributed by atoms with E-state index in [1.54, 1.807) is 6.08 Å². The molecule has 1 aliphatic rings. The quantitative estimate of drug-likeness (QED) is 0.339. The van der Waals surface area contributed by atoms with Crippen molar-refractivity contribution >= 4 is 11.9 Å². The summed E-state index contributed by atoms with van der Waals surface area (Å²) in [6, 6.07) is 0. The van der Waals surface area contributed by atoms with Gasteiger partial charge >= 0.3 is 11.9 Å². The van der Waals surface area contributed by atoms with E-state index in [9.17, 15) is 9.59 Å². The highest BCUT2D eigenvalue weighted by Crippen LogP contribution is 2.38. The third kappa shape index (κ3) is 3.34. The summed E-state index contributed by atoms with van der Waals surface area (Å²) in [5.74, 6) is -1.11. The summed E-state index contributed by atoms with van der Waals surface area (Å²) < 4.78 is 9.30. The molecule has 0 aromatic rings. The summed E-state index contributed by atoms with van der Waals surface area (Å²) in [4.78, 5) is 23.4. The molecule has 0 N–H and O–H groups in total. The van der Waals surface area contributed by atoms with Crippen LogP contribution in [-0.2, 0) is 19.1 Å². The first kappa shape index (κ1) is 15.2. The molecule has 104 valence electrons. The fraction of sp³-hybridized carbons (Fsp3) is 0.467. The van der Waals surface area contributed by atoms with Crippen molar-refractivity contribution in [2.24, 2.45) is 11.3 Å². The van der Waals surface area contributed by atoms with E-state index in [-0.39, 0.29) is 16.9 Å². The maximum atomic E-state index is 11.7. The zero-order chi connectivity index (χ0) is 14.5. The van der Waals surface area contributed by atoms with E-state index in [1.807, 2.05) is 38.2 Å². The lowest BCUT2D eigenvalue weighted by molar-refractivity contribution is -0.144. The molecule has 0 aliphatic heterocycles. The van der Waals surface area contributed by atoms with Gasteiger partial charge in [0.1, 0.15) is 5.57 Å². The predicted molar refractivity (Wildman–Crippen MR) is 72.3 cm³/mol. The molecule has 0 spiro atoms. The minimum Gasteiger partial charge on any atom is -0.465 e. The number of ether oxygens (including phenoxy) is 2. The van der Waals surface area contributed by atoms with E-state index in [0.717, 1.165) is 6.42 Å². The number of carbonyl (C=O) groups excluding carboxylic acids is 2. The first-order valence-electron chi connectivity index (χ1n) is 6.20. The average Bonchev–Trinajstić information content (AvgIpc) is 2.44. The van der Waals surface area contributed by atoms with Crippen LogP contribution in [-0.4, -0.2) is 26.2 Å². The molecule has 1 aliphatic carbocycles. The number of esters is 2. The Balaban J connectivity index is 3.24. The van der Waals surface area contributed by atoms with E-state index in [0.29, 0.717) is 0 Å². The van der Waals surface area contributed by atoms with Crippen LogP contribution in [0, 0.1) is 11.3 Å². The van der Waals surface area contributed by atoms with Crippen LogP contribution in [0.3, 0.4) is 0 Å². The molecule has 0 heterocycles. The first-order valence-corrected chi connectivity index (χ1v) is 6.20. The number of hydrogen-bond acceptors (Lipinski definition) is 4. The van der Waals surface area contributed by atoms with Crippen molar-refractivity contribution in [2.75, 3.05) is 14.2 Å². The summed E-state index contributed by atoms with van der Waals surface area (Å²) in [5.41, 5.74) is -0.425. The fourth-order valence-corrected chi connectivity index (χ4v) is 2.05. The predicted octanol–water partition coefficient (Wildman–Crippen LogP) is 2.42. The average molecular weight is 264 g/mol. The molecular formula is C15H20O4. The zero-order valence-electron chi connectivity index (χ0n) is 11.8. The molecule has 0 aromatic carbocycles. The molecule has 0 saturated heterocycles. The van der Waals surface area contributed by atoms with Gasteiger partial charge in [-0.25, -0.2) is 9.59 Å². The summed E-state index contributed by atoms with van der Waals surface area (Å²) in [6.07, 6.45) is 10.3. The lowest BCUT2D eigenvalue weighted by atomic mass is 9.71. The summed E-state index contributed by atoms with van der Waals surface area (Å²) in [7, 11) is 2.50. The Hall–Kier alpha value is -1.84. The highest BCUT2D eigenvalue weighted by atomic mass is 16.5. The molecule has 1 unspecified atom stereocenters. The molecule has 4 nitrogen and oxygen atoms in total. The van der Waals surface area contributed by atoms with E-state index in [4.69, 9.17) is 0 Å². The Morgan fingerprint density at radius 3 is 2.11 bits per heavy atom. The minimum absolute atomic E-state index is 0.0568. The summed E-state index contributed by atoms with van der Waals surface area (Å²) in [5, 5.41) is 0. The van der Waals surface area contributed by atoms with Crippen molar-refractivity contribution in [3.8, 4) is 0 Å². The third-order valence-corrected chi connectivity index (χ3v) is 3.42. The monoisotopic (exact) mass is 264 g/mol. The SMILES string of the molecule is COC(=O)C(=CC1(C(C)C)C=CC=CC1)C(=O)OC. The van der Waals surface area contributed by atoms with Crippen molar-refractivity contribution < 1.29 is 19.1 Å². The van der Waals surface area contributed by atoms with Gasteiger partial charge in [0.05, 0.1) is 14.2 Å². The van der Waals surface area contributed by atoms with Gasteiger partial charge in [-0.05, 0) is 12.3 Å². The van der Waals surface area contributed by atoms with Gasteiger partial charge in [0.25, 0.3) is 0 Å². The molecular weight excluding hydrogens is 244 g/mol. The van der Waals surface area contributed by atoms with Crippen LogP contribution in [0.1, 0.15) is 20.3 Å². The lowest BCUT2D eigenvalue weighted by Crippen LogP contribution is -2.27. The van der Waals surface area contributed by atoms with Crippen molar-refractivity contribution in [3.05, 3.63) is 36.0 Å². The van der Waals surface area contributed by atoms with Gasteiger partial charge in [0, 0.05) is 5.41 Å². The van der Waals surface area contributed by atoms with Crippen LogP contribution >= 0.6 is 0 Å². The topological polar surface area (TPSA) is 52.6 Å². The summed E-state index contributed by atoms with van der Waals surface area (Å²) in [6.45, 7) is 4.10. The van der Waals surface area contributed by atoms with E-state index in [2.05, 4.69) is 9.47 Å². The molecule has 0 radical (unpaired) electrons. The van der Waals surface area contributed by atoms with Crippen molar-refractivity contribution in [3.63, 3.8) is 0 Å². The molecule has 0 fully saturated rings. The largest absolute Gasteiger partial charge is 0.465 e. The van der Waals surface area contributed by atoms with Crippen LogP contribution in [0.5, 0.6) is 0 Å². The molecule has 4 heteroatoms. The van der Waals surface area contributed by atoms with E-state index >= 15 is 0 Å². The Labute approximate surface area is 113 Å². The molecule has 0 aromatic heterocycles. The molecule has 0 saturated carbocycles. The zero-order valence-corrected chi connectivity index (χ0v) is 11.8. The molecule has 0 bridgehead atoms. The Kier molecular flexibility index (Phi) is 5.10.